The van der Waals surface area contributed by atoms with Crippen molar-refractivity contribution >= 4 is 28.4 Å². The summed E-state index contributed by atoms with van der Waals surface area (Å²) in [5.74, 6) is -0.101. The van der Waals surface area contributed by atoms with Crippen LogP contribution in [0.25, 0.3) is 22.2 Å². The molecule has 4 rings (SSSR count). The fourth-order valence-corrected chi connectivity index (χ4v) is 3.78. The normalized spacial score (nSPS) is 14.0. The van der Waals surface area contributed by atoms with Crippen molar-refractivity contribution in [3.8, 4) is 11.3 Å². The number of benzene rings is 1. The first-order valence-electron chi connectivity index (χ1n) is 9.67. The fourth-order valence-electron chi connectivity index (χ4n) is 3.61. The van der Waals surface area contributed by atoms with Gasteiger partial charge in [0.15, 0.2) is 0 Å². The zero-order valence-electron chi connectivity index (χ0n) is 15.6. The monoisotopic (exact) mass is 391 g/mol. The number of fused-ring (bicyclic) bond motifs is 1. The first-order chi connectivity index (χ1) is 13.7. The molecule has 1 aliphatic rings. The van der Waals surface area contributed by atoms with Crippen LogP contribution in [0, 0.1) is 0 Å². The minimum Gasteiger partial charge on any atom is -0.352 e. The van der Waals surface area contributed by atoms with Crippen LogP contribution in [0.15, 0.2) is 60.4 Å². The minimum atomic E-state index is -0.101. The van der Waals surface area contributed by atoms with E-state index in [0.29, 0.717) is 17.1 Å². The number of halogens is 1. The summed E-state index contributed by atoms with van der Waals surface area (Å²) in [6, 6.07) is 11.1. The Morgan fingerprint density at radius 2 is 2.11 bits per heavy atom. The van der Waals surface area contributed by atoms with Gasteiger partial charge in [0.2, 0.25) is 0 Å². The van der Waals surface area contributed by atoms with Gasteiger partial charge in [0.25, 0.3) is 5.91 Å². The number of pyridine rings is 2. The number of carbonyl (C=O) groups excluding carboxylic acids is 1. The lowest BCUT2D eigenvalue weighted by Crippen LogP contribution is -2.25. The molecule has 2 aromatic heterocycles. The Labute approximate surface area is 169 Å². The second-order valence-electron chi connectivity index (χ2n) is 7.07. The van der Waals surface area contributed by atoms with Gasteiger partial charge in [-0.25, -0.2) is 4.98 Å². The summed E-state index contributed by atoms with van der Waals surface area (Å²) in [4.78, 5) is 21.8. The number of nitrogens with one attached hydrogen (secondary N) is 1. The molecule has 0 saturated heterocycles. The molecule has 0 radical (unpaired) electrons. The molecule has 28 heavy (non-hydrogen) atoms. The van der Waals surface area contributed by atoms with Crippen molar-refractivity contribution in [1.29, 1.82) is 0 Å². The predicted octanol–water partition coefficient (Wildman–Crippen LogP) is 5.57. The highest BCUT2D eigenvalue weighted by atomic mass is 35.5. The number of allylic oxidation sites excluding steroid dienone is 1. The zero-order valence-corrected chi connectivity index (χ0v) is 16.4. The van der Waals surface area contributed by atoms with Crippen LogP contribution >= 0.6 is 11.6 Å². The molecule has 0 fully saturated rings. The maximum atomic E-state index is 13.0. The largest absolute Gasteiger partial charge is 0.352 e. The molecular weight excluding hydrogens is 370 g/mol. The first kappa shape index (κ1) is 18.6. The smallest absolute Gasteiger partial charge is 0.252 e. The standard InChI is InChI=1S/C23H22ClN3O/c24-18-8-9-21-19(13-18)20(14-22(27-21)17-7-4-11-25-15-17)23(28)26-12-10-16-5-2-1-3-6-16/h4-5,7-9,11,13-15H,1-3,6,10,12H2,(H,26,28). The molecule has 0 atom stereocenters. The van der Waals surface area contributed by atoms with E-state index in [1.54, 1.807) is 24.5 Å². The fraction of sp³-hybridized carbons (Fsp3) is 0.261. The Bertz CT molecular complexity index is 1030. The molecule has 0 saturated carbocycles. The van der Waals surface area contributed by atoms with Crippen molar-refractivity contribution in [1.82, 2.24) is 15.3 Å². The summed E-state index contributed by atoms with van der Waals surface area (Å²) in [5.41, 5.74) is 4.38. The van der Waals surface area contributed by atoms with E-state index >= 15 is 0 Å². The van der Waals surface area contributed by atoms with E-state index in [1.165, 1.54) is 18.4 Å². The van der Waals surface area contributed by atoms with Crippen molar-refractivity contribution in [3.05, 3.63) is 71.0 Å². The van der Waals surface area contributed by atoms with E-state index < -0.39 is 0 Å². The topological polar surface area (TPSA) is 54.9 Å². The molecule has 0 unspecified atom stereocenters. The highest BCUT2D eigenvalue weighted by molar-refractivity contribution is 6.31. The molecule has 3 aromatic rings. The number of carbonyl (C=O) groups is 1. The molecule has 0 spiro atoms. The van der Waals surface area contributed by atoms with Crippen molar-refractivity contribution in [2.24, 2.45) is 0 Å². The van der Waals surface area contributed by atoms with Crippen molar-refractivity contribution < 1.29 is 4.79 Å². The van der Waals surface area contributed by atoms with Crippen LogP contribution < -0.4 is 5.32 Å². The molecule has 0 bridgehead atoms. The van der Waals surface area contributed by atoms with E-state index in [4.69, 9.17) is 16.6 Å². The number of hydrogen-bond acceptors (Lipinski definition) is 3. The van der Waals surface area contributed by atoms with Gasteiger partial charge in [-0.15, -0.1) is 0 Å². The second-order valence-corrected chi connectivity index (χ2v) is 7.51. The number of rotatable bonds is 5. The Hall–Kier alpha value is -2.72. The van der Waals surface area contributed by atoms with Crippen LogP contribution in [0.2, 0.25) is 5.02 Å². The molecule has 2 heterocycles. The zero-order chi connectivity index (χ0) is 19.3. The minimum absolute atomic E-state index is 0.101. The molecule has 1 N–H and O–H groups in total. The van der Waals surface area contributed by atoms with Crippen LogP contribution in [-0.2, 0) is 0 Å². The van der Waals surface area contributed by atoms with Crippen LogP contribution in [0.5, 0.6) is 0 Å². The van der Waals surface area contributed by atoms with Gasteiger partial charge >= 0.3 is 0 Å². The first-order valence-corrected chi connectivity index (χ1v) is 10.1. The Morgan fingerprint density at radius 3 is 2.89 bits per heavy atom. The van der Waals surface area contributed by atoms with E-state index in [1.807, 2.05) is 24.3 Å². The maximum Gasteiger partial charge on any atom is 0.252 e. The van der Waals surface area contributed by atoms with Gasteiger partial charge < -0.3 is 5.32 Å². The Kier molecular flexibility index (Phi) is 5.68. The summed E-state index contributed by atoms with van der Waals surface area (Å²) >= 11 is 6.18. The third-order valence-corrected chi connectivity index (χ3v) is 5.32. The van der Waals surface area contributed by atoms with Gasteiger partial charge in [0.05, 0.1) is 16.8 Å². The van der Waals surface area contributed by atoms with E-state index in [-0.39, 0.29) is 5.91 Å². The van der Waals surface area contributed by atoms with E-state index in [0.717, 1.165) is 41.4 Å². The third-order valence-electron chi connectivity index (χ3n) is 5.09. The Balaban J connectivity index is 1.62. The third kappa shape index (κ3) is 4.23. The van der Waals surface area contributed by atoms with Crippen molar-refractivity contribution in [2.75, 3.05) is 6.54 Å². The summed E-state index contributed by atoms with van der Waals surface area (Å²) < 4.78 is 0. The van der Waals surface area contributed by atoms with Crippen LogP contribution in [0.3, 0.4) is 0 Å². The lowest BCUT2D eigenvalue weighted by atomic mass is 9.97. The molecule has 142 valence electrons. The lowest BCUT2D eigenvalue weighted by Gasteiger charge is -2.14. The summed E-state index contributed by atoms with van der Waals surface area (Å²) in [5, 5.41) is 4.42. The van der Waals surface area contributed by atoms with Gasteiger partial charge in [0, 0.05) is 34.9 Å². The van der Waals surface area contributed by atoms with Gasteiger partial charge in [-0.3, -0.25) is 9.78 Å². The number of hydrogen-bond donors (Lipinski definition) is 1. The van der Waals surface area contributed by atoms with Gasteiger partial charge in [-0.1, -0.05) is 23.3 Å². The molecule has 1 amide bonds. The number of nitrogens with zero attached hydrogens (tertiary/aromatic N) is 2. The van der Waals surface area contributed by atoms with Crippen LogP contribution in [0.1, 0.15) is 42.5 Å². The van der Waals surface area contributed by atoms with Gasteiger partial charge in [-0.2, -0.15) is 0 Å². The molecule has 0 aliphatic heterocycles. The molecule has 1 aromatic carbocycles. The van der Waals surface area contributed by atoms with Crippen molar-refractivity contribution in [2.45, 2.75) is 32.1 Å². The molecule has 5 heteroatoms. The second kappa shape index (κ2) is 8.53. The van der Waals surface area contributed by atoms with Gasteiger partial charge in [0.1, 0.15) is 0 Å². The molecule has 4 nitrogen and oxygen atoms in total. The Morgan fingerprint density at radius 1 is 1.18 bits per heavy atom. The average molecular weight is 392 g/mol. The maximum absolute atomic E-state index is 13.0. The average Bonchev–Trinajstić information content (AvgIpc) is 2.74. The van der Waals surface area contributed by atoms with Gasteiger partial charge in [-0.05, 0) is 68.5 Å². The number of aromatic nitrogens is 2. The SMILES string of the molecule is O=C(NCCC1=CCCCC1)c1cc(-c2cccnc2)nc2ccc(Cl)cc12. The summed E-state index contributed by atoms with van der Waals surface area (Å²) in [7, 11) is 0. The lowest BCUT2D eigenvalue weighted by molar-refractivity contribution is 0.0955. The van der Waals surface area contributed by atoms with E-state index in [2.05, 4.69) is 16.4 Å². The van der Waals surface area contributed by atoms with Crippen LogP contribution in [-0.4, -0.2) is 22.4 Å². The highest BCUT2D eigenvalue weighted by Crippen LogP contribution is 2.27. The predicted molar refractivity (Wildman–Crippen MR) is 113 cm³/mol. The highest BCUT2D eigenvalue weighted by Gasteiger charge is 2.15. The number of amides is 1. The molecular formula is C23H22ClN3O. The summed E-state index contributed by atoms with van der Waals surface area (Å²) in [6.07, 6.45) is 11.5. The van der Waals surface area contributed by atoms with E-state index in [9.17, 15) is 4.79 Å². The summed E-state index contributed by atoms with van der Waals surface area (Å²) in [6.45, 7) is 0.636. The quantitative estimate of drug-likeness (QED) is 0.578. The van der Waals surface area contributed by atoms with Crippen LogP contribution in [0.4, 0.5) is 0 Å². The molecule has 1 aliphatic carbocycles. The van der Waals surface area contributed by atoms with Crippen molar-refractivity contribution in [3.63, 3.8) is 0 Å².